The van der Waals surface area contributed by atoms with Crippen molar-refractivity contribution < 1.29 is 17.9 Å². The highest BCUT2D eigenvalue weighted by Crippen LogP contribution is 2.21. The average molecular weight is 344 g/mol. The molecule has 0 aromatic heterocycles. The van der Waals surface area contributed by atoms with Gasteiger partial charge in [-0.2, -0.15) is 4.31 Å². The van der Waals surface area contributed by atoms with Gasteiger partial charge in [-0.3, -0.25) is 4.79 Å². The predicted molar refractivity (Wildman–Crippen MR) is 85.7 cm³/mol. The number of hydrogen-bond donors (Lipinski definition) is 0. The quantitative estimate of drug-likeness (QED) is 0.788. The number of hydrogen-bond acceptors (Lipinski definition) is 4. The van der Waals surface area contributed by atoms with E-state index in [0.29, 0.717) is 31.0 Å². The summed E-state index contributed by atoms with van der Waals surface area (Å²) in [5.74, 6) is -0.481. The highest BCUT2D eigenvalue weighted by molar-refractivity contribution is 7.92. The highest BCUT2D eigenvalue weighted by Gasteiger charge is 2.30. The smallest absolute Gasteiger partial charge is 0.308 e. The summed E-state index contributed by atoms with van der Waals surface area (Å²) in [6, 6.07) is 6.90. The predicted octanol–water partition coefficient (Wildman–Crippen LogP) is 2.53. The Kier molecular flexibility index (Phi) is 5.61. The molecule has 0 atom stereocenters. The van der Waals surface area contributed by atoms with E-state index in [1.165, 1.54) is 22.9 Å². The van der Waals surface area contributed by atoms with Crippen molar-refractivity contribution in [3.05, 3.63) is 40.3 Å². The maximum absolute atomic E-state index is 12.3. The molecule has 0 amide bonds. The van der Waals surface area contributed by atoms with Gasteiger partial charge in [0.05, 0.1) is 13.0 Å². The number of sulfonamides is 1. The Labute approximate surface area is 135 Å². The van der Waals surface area contributed by atoms with E-state index in [9.17, 15) is 13.2 Å². The minimum absolute atomic E-state index is 0.211. The van der Waals surface area contributed by atoms with E-state index < -0.39 is 10.0 Å². The third kappa shape index (κ3) is 4.32. The largest absolute Gasteiger partial charge is 0.469 e. The van der Waals surface area contributed by atoms with Crippen molar-refractivity contribution in [1.29, 1.82) is 0 Å². The van der Waals surface area contributed by atoms with Crippen molar-refractivity contribution in [1.82, 2.24) is 4.31 Å². The summed E-state index contributed by atoms with van der Waals surface area (Å²) in [5.41, 5.74) is 0.762. The summed E-state index contributed by atoms with van der Waals surface area (Å²) < 4.78 is 30.6. The number of methoxy groups -OCH3 is 1. The van der Waals surface area contributed by atoms with Crippen LogP contribution in [0.1, 0.15) is 18.4 Å². The first kappa shape index (κ1) is 17.0. The SMILES string of the molecule is COC(=O)C1CCN(S(=O)(=O)/C=C/c2ccc(Cl)cc2)CC1. The van der Waals surface area contributed by atoms with Crippen LogP contribution in [0.3, 0.4) is 0 Å². The molecule has 1 aliphatic heterocycles. The van der Waals surface area contributed by atoms with Gasteiger partial charge in [-0.05, 0) is 36.6 Å². The lowest BCUT2D eigenvalue weighted by molar-refractivity contribution is -0.146. The summed E-state index contributed by atoms with van der Waals surface area (Å²) in [7, 11) is -2.13. The van der Waals surface area contributed by atoms with E-state index in [4.69, 9.17) is 16.3 Å². The summed E-state index contributed by atoms with van der Waals surface area (Å²) >= 11 is 5.79. The third-order valence-electron chi connectivity index (χ3n) is 3.65. The van der Waals surface area contributed by atoms with Gasteiger partial charge >= 0.3 is 5.97 Å². The summed E-state index contributed by atoms with van der Waals surface area (Å²) in [4.78, 5) is 11.4. The van der Waals surface area contributed by atoms with Gasteiger partial charge in [0.1, 0.15) is 0 Å². The zero-order valence-corrected chi connectivity index (χ0v) is 13.8. The van der Waals surface area contributed by atoms with E-state index in [2.05, 4.69) is 0 Å². The number of piperidine rings is 1. The topological polar surface area (TPSA) is 63.7 Å². The maximum Gasteiger partial charge on any atom is 0.308 e. The van der Waals surface area contributed by atoms with Gasteiger partial charge in [0.25, 0.3) is 0 Å². The maximum atomic E-state index is 12.3. The molecule has 1 saturated heterocycles. The van der Waals surface area contributed by atoms with Crippen molar-refractivity contribution in [3.8, 4) is 0 Å². The molecular weight excluding hydrogens is 326 g/mol. The molecule has 5 nitrogen and oxygen atoms in total. The lowest BCUT2D eigenvalue weighted by atomic mass is 9.99. The molecule has 7 heteroatoms. The summed E-state index contributed by atoms with van der Waals surface area (Å²) in [5, 5.41) is 1.79. The van der Waals surface area contributed by atoms with Gasteiger partial charge in [-0.1, -0.05) is 23.7 Å². The van der Waals surface area contributed by atoms with E-state index in [1.807, 2.05) is 0 Å². The monoisotopic (exact) mass is 343 g/mol. The van der Waals surface area contributed by atoms with Gasteiger partial charge in [0, 0.05) is 23.5 Å². The number of rotatable bonds is 4. The lowest BCUT2D eigenvalue weighted by Crippen LogP contribution is -2.39. The Morgan fingerprint density at radius 3 is 2.41 bits per heavy atom. The Bertz CT molecular complexity index is 647. The fraction of sp³-hybridized carbons (Fsp3) is 0.400. The molecule has 1 aliphatic rings. The van der Waals surface area contributed by atoms with Crippen molar-refractivity contribution in [2.24, 2.45) is 5.92 Å². The van der Waals surface area contributed by atoms with Crippen molar-refractivity contribution in [2.45, 2.75) is 12.8 Å². The first-order valence-electron chi connectivity index (χ1n) is 6.94. The van der Waals surface area contributed by atoms with Gasteiger partial charge in [-0.25, -0.2) is 8.42 Å². The number of esters is 1. The standard InChI is InChI=1S/C15H18ClNO4S/c1-21-15(18)13-6-9-17(10-7-13)22(19,20)11-8-12-2-4-14(16)5-3-12/h2-5,8,11,13H,6-7,9-10H2,1H3/b11-8+. The number of halogens is 1. The minimum Gasteiger partial charge on any atom is -0.469 e. The number of nitrogens with zero attached hydrogens (tertiary/aromatic N) is 1. The van der Waals surface area contributed by atoms with Crippen LogP contribution in [0.4, 0.5) is 0 Å². The summed E-state index contributed by atoms with van der Waals surface area (Å²) in [6.07, 6.45) is 2.51. The Hall–Kier alpha value is -1.37. The fourth-order valence-corrected chi connectivity index (χ4v) is 3.68. The molecular formula is C15H18ClNO4S. The Morgan fingerprint density at radius 1 is 1.27 bits per heavy atom. The van der Waals surface area contributed by atoms with Crippen LogP contribution in [0, 0.1) is 5.92 Å². The molecule has 2 rings (SSSR count). The molecule has 120 valence electrons. The number of benzene rings is 1. The summed E-state index contributed by atoms with van der Waals surface area (Å²) in [6.45, 7) is 0.653. The van der Waals surface area contributed by atoms with Gasteiger partial charge in [0.2, 0.25) is 10.0 Å². The molecule has 1 fully saturated rings. The van der Waals surface area contributed by atoms with Crippen LogP contribution in [0.15, 0.2) is 29.7 Å². The molecule has 0 radical (unpaired) electrons. The van der Waals surface area contributed by atoms with Crippen LogP contribution in [0.25, 0.3) is 6.08 Å². The third-order valence-corrected chi connectivity index (χ3v) is 5.47. The molecule has 0 aliphatic carbocycles. The van der Waals surface area contributed by atoms with E-state index in [-0.39, 0.29) is 11.9 Å². The van der Waals surface area contributed by atoms with Crippen LogP contribution in [0.2, 0.25) is 5.02 Å². The molecule has 0 unspecified atom stereocenters. The van der Waals surface area contributed by atoms with Gasteiger partial charge in [-0.15, -0.1) is 0 Å². The van der Waals surface area contributed by atoms with Crippen LogP contribution < -0.4 is 0 Å². The van der Waals surface area contributed by atoms with Crippen molar-refractivity contribution in [3.63, 3.8) is 0 Å². The Balaban J connectivity index is 1.99. The zero-order valence-electron chi connectivity index (χ0n) is 12.2. The molecule has 0 bridgehead atoms. The molecule has 0 N–H and O–H groups in total. The fourth-order valence-electron chi connectivity index (χ4n) is 2.34. The van der Waals surface area contributed by atoms with Gasteiger partial charge < -0.3 is 4.74 Å². The van der Waals surface area contributed by atoms with Crippen molar-refractivity contribution in [2.75, 3.05) is 20.2 Å². The first-order valence-corrected chi connectivity index (χ1v) is 8.82. The molecule has 1 heterocycles. The van der Waals surface area contributed by atoms with E-state index in [0.717, 1.165) is 5.56 Å². The van der Waals surface area contributed by atoms with Crippen LogP contribution in [0.5, 0.6) is 0 Å². The lowest BCUT2D eigenvalue weighted by Gasteiger charge is -2.28. The second kappa shape index (κ2) is 7.26. The van der Waals surface area contributed by atoms with Crippen LogP contribution in [-0.4, -0.2) is 38.9 Å². The molecule has 22 heavy (non-hydrogen) atoms. The second-order valence-electron chi connectivity index (χ2n) is 5.10. The van der Waals surface area contributed by atoms with E-state index >= 15 is 0 Å². The molecule has 1 aromatic rings. The number of carbonyl (C=O) groups excluding carboxylic acids is 1. The second-order valence-corrected chi connectivity index (χ2v) is 7.35. The molecule has 0 spiro atoms. The van der Waals surface area contributed by atoms with Crippen molar-refractivity contribution >= 4 is 33.7 Å². The zero-order chi connectivity index (χ0) is 16.2. The minimum atomic E-state index is -3.48. The Morgan fingerprint density at radius 2 is 1.86 bits per heavy atom. The van der Waals surface area contributed by atoms with Gasteiger partial charge in [0.15, 0.2) is 0 Å². The highest BCUT2D eigenvalue weighted by atomic mass is 35.5. The van der Waals surface area contributed by atoms with Crippen LogP contribution >= 0.6 is 11.6 Å². The van der Waals surface area contributed by atoms with E-state index in [1.54, 1.807) is 24.3 Å². The number of carbonyl (C=O) groups is 1. The molecule has 0 saturated carbocycles. The average Bonchev–Trinajstić information content (AvgIpc) is 2.54. The molecule has 1 aromatic carbocycles. The normalized spacial score (nSPS) is 17.7. The first-order chi connectivity index (χ1) is 10.4. The number of ether oxygens (including phenoxy) is 1. The van der Waals surface area contributed by atoms with Crippen LogP contribution in [-0.2, 0) is 19.6 Å².